The molecule has 1 unspecified atom stereocenters. The van der Waals surface area contributed by atoms with Gasteiger partial charge in [0.1, 0.15) is 5.38 Å². The number of carbonyl (C=O) groups is 2. The molecule has 13 heavy (non-hydrogen) atoms. The molecule has 0 saturated heterocycles. The topological polar surface area (TPSA) is 49.4 Å². The third kappa shape index (κ3) is 2.88. The van der Waals surface area contributed by atoms with Crippen LogP contribution in [0.1, 0.15) is 19.8 Å². The molecule has 0 aromatic carbocycles. The van der Waals surface area contributed by atoms with E-state index in [4.69, 9.17) is 11.6 Å². The van der Waals surface area contributed by atoms with Crippen molar-refractivity contribution < 1.29 is 9.59 Å². The molecule has 1 N–H and O–H groups in total. The third-order valence-corrected chi connectivity index (χ3v) is 2.20. The summed E-state index contributed by atoms with van der Waals surface area (Å²) < 4.78 is 0. The van der Waals surface area contributed by atoms with Gasteiger partial charge in [-0.1, -0.05) is 0 Å². The summed E-state index contributed by atoms with van der Waals surface area (Å²) in [6.45, 7) is 1.53. The first-order valence-electron chi connectivity index (χ1n) is 4.24. The molecule has 5 heteroatoms. The number of nitrogens with zero attached hydrogens (tertiary/aromatic N) is 1. The lowest BCUT2D eigenvalue weighted by Gasteiger charge is -2.16. The molecule has 0 aromatic rings. The number of hydrogen-bond donors (Lipinski definition) is 1. The van der Waals surface area contributed by atoms with Gasteiger partial charge < -0.3 is 4.90 Å². The zero-order valence-electron chi connectivity index (χ0n) is 7.71. The van der Waals surface area contributed by atoms with Gasteiger partial charge in [0.25, 0.3) is 0 Å². The van der Waals surface area contributed by atoms with Gasteiger partial charge >= 0.3 is 6.03 Å². The van der Waals surface area contributed by atoms with Crippen LogP contribution in [0.4, 0.5) is 4.79 Å². The highest BCUT2D eigenvalue weighted by Gasteiger charge is 2.30. The van der Waals surface area contributed by atoms with Gasteiger partial charge in [0.15, 0.2) is 0 Å². The smallest absolute Gasteiger partial charge is 0.324 e. The minimum Gasteiger partial charge on any atom is -0.325 e. The summed E-state index contributed by atoms with van der Waals surface area (Å²) in [6, 6.07) is -0.0570. The average molecular weight is 205 g/mol. The molecule has 0 spiro atoms. The van der Waals surface area contributed by atoms with Crippen molar-refractivity contribution in [3.05, 3.63) is 0 Å². The molecule has 0 bridgehead atoms. The third-order valence-electron chi connectivity index (χ3n) is 2.01. The quantitative estimate of drug-likeness (QED) is 0.681. The van der Waals surface area contributed by atoms with Crippen LogP contribution in [0.25, 0.3) is 0 Å². The van der Waals surface area contributed by atoms with E-state index in [-0.39, 0.29) is 6.03 Å². The lowest BCUT2D eigenvalue weighted by molar-refractivity contribution is -0.119. The normalized spacial score (nSPS) is 17.8. The Hall–Kier alpha value is -0.770. The van der Waals surface area contributed by atoms with E-state index >= 15 is 0 Å². The highest BCUT2D eigenvalue weighted by Crippen LogP contribution is 2.25. The predicted octanol–water partition coefficient (Wildman–Crippen LogP) is 0.944. The van der Waals surface area contributed by atoms with Crippen molar-refractivity contribution in [2.75, 3.05) is 7.05 Å². The molecule has 1 rings (SSSR count). The van der Waals surface area contributed by atoms with Crippen LogP contribution in [0.15, 0.2) is 0 Å². The molecule has 1 aliphatic rings. The first kappa shape index (κ1) is 10.3. The van der Waals surface area contributed by atoms with Crippen molar-refractivity contribution in [3.63, 3.8) is 0 Å². The van der Waals surface area contributed by atoms with Crippen molar-refractivity contribution in [2.45, 2.75) is 31.2 Å². The van der Waals surface area contributed by atoms with Crippen molar-refractivity contribution in [2.24, 2.45) is 0 Å². The SMILES string of the molecule is CC(Cl)C(=O)NC(=O)N(C)C1CC1. The fourth-order valence-corrected chi connectivity index (χ4v) is 0.975. The molecule has 3 amide bonds. The van der Waals surface area contributed by atoms with E-state index in [9.17, 15) is 9.59 Å². The van der Waals surface area contributed by atoms with Gasteiger partial charge in [-0.3, -0.25) is 10.1 Å². The number of imide groups is 1. The van der Waals surface area contributed by atoms with E-state index in [0.717, 1.165) is 12.8 Å². The number of amides is 3. The second kappa shape index (κ2) is 3.96. The van der Waals surface area contributed by atoms with Crippen molar-refractivity contribution in [3.8, 4) is 0 Å². The molecule has 0 radical (unpaired) electrons. The van der Waals surface area contributed by atoms with Crippen molar-refractivity contribution in [1.82, 2.24) is 10.2 Å². The monoisotopic (exact) mass is 204 g/mol. The zero-order valence-corrected chi connectivity index (χ0v) is 8.47. The number of nitrogens with one attached hydrogen (secondary N) is 1. The van der Waals surface area contributed by atoms with E-state index in [1.807, 2.05) is 0 Å². The second-order valence-corrected chi connectivity index (χ2v) is 3.91. The first-order valence-corrected chi connectivity index (χ1v) is 4.67. The minimum atomic E-state index is -0.670. The fourth-order valence-electron chi connectivity index (χ4n) is 0.921. The van der Waals surface area contributed by atoms with E-state index in [1.165, 1.54) is 11.8 Å². The Bertz CT molecular complexity index is 226. The molecule has 1 fully saturated rings. The van der Waals surface area contributed by atoms with Crippen molar-refractivity contribution >= 4 is 23.5 Å². The lowest BCUT2D eigenvalue weighted by Crippen LogP contribution is -2.44. The van der Waals surface area contributed by atoms with Gasteiger partial charge in [-0.2, -0.15) is 0 Å². The first-order chi connectivity index (χ1) is 6.02. The van der Waals surface area contributed by atoms with Crippen LogP contribution in [-0.4, -0.2) is 35.3 Å². The van der Waals surface area contributed by atoms with Crippen LogP contribution < -0.4 is 5.32 Å². The Kier molecular flexibility index (Phi) is 3.14. The molecule has 0 heterocycles. The maximum Gasteiger partial charge on any atom is 0.324 e. The molecule has 4 nitrogen and oxygen atoms in total. The number of alkyl halides is 1. The largest absolute Gasteiger partial charge is 0.325 e. The van der Waals surface area contributed by atoms with E-state index in [2.05, 4.69) is 5.32 Å². The molecule has 0 aromatic heterocycles. The summed E-state index contributed by atoms with van der Waals surface area (Å²) in [6.07, 6.45) is 2.04. The van der Waals surface area contributed by atoms with Gasteiger partial charge in [0, 0.05) is 13.1 Å². The van der Waals surface area contributed by atoms with Crippen LogP contribution >= 0.6 is 11.6 Å². The molecule has 1 aliphatic carbocycles. The Labute approximate surface area is 82.2 Å². The Morgan fingerprint density at radius 1 is 1.54 bits per heavy atom. The summed E-state index contributed by atoms with van der Waals surface area (Å²) >= 11 is 5.49. The lowest BCUT2D eigenvalue weighted by atomic mass is 10.4. The van der Waals surface area contributed by atoms with Gasteiger partial charge in [0.2, 0.25) is 5.91 Å². The number of carbonyl (C=O) groups excluding carboxylic acids is 2. The van der Waals surface area contributed by atoms with E-state index in [0.29, 0.717) is 6.04 Å². The maximum absolute atomic E-state index is 11.3. The number of urea groups is 1. The van der Waals surface area contributed by atoms with E-state index < -0.39 is 11.3 Å². The van der Waals surface area contributed by atoms with Gasteiger partial charge in [-0.25, -0.2) is 4.79 Å². The summed E-state index contributed by atoms with van der Waals surface area (Å²) in [4.78, 5) is 23.8. The van der Waals surface area contributed by atoms with Crippen LogP contribution in [0.3, 0.4) is 0 Å². The molecule has 0 aliphatic heterocycles. The van der Waals surface area contributed by atoms with Gasteiger partial charge in [-0.15, -0.1) is 11.6 Å². The summed E-state index contributed by atoms with van der Waals surface area (Å²) in [7, 11) is 1.68. The Morgan fingerprint density at radius 2 is 2.08 bits per heavy atom. The minimum absolute atomic E-state index is 0.304. The second-order valence-electron chi connectivity index (χ2n) is 3.25. The van der Waals surface area contributed by atoms with Crippen LogP contribution in [0, 0.1) is 0 Å². The molecule has 1 atom stereocenters. The van der Waals surface area contributed by atoms with Crippen LogP contribution in [-0.2, 0) is 4.79 Å². The highest BCUT2D eigenvalue weighted by molar-refractivity contribution is 6.31. The molecule has 74 valence electrons. The highest BCUT2D eigenvalue weighted by atomic mass is 35.5. The van der Waals surface area contributed by atoms with Crippen LogP contribution in [0.5, 0.6) is 0 Å². The number of hydrogen-bond acceptors (Lipinski definition) is 2. The summed E-state index contributed by atoms with van der Waals surface area (Å²) in [5, 5.41) is 1.55. The fraction of sp³-hybridized carbons (Fsp3) is 0.750. The maximum atomic E-state index is 11.3. The molecule has 1 saturated carbocycles. The molecular weight excluding hydrogens is 192 g/mol. The summed E-state index contributed by atoms with van der Waals surface area (Å²) in [5.41, 5.74) is 0. The Balaban J connectivity index is 2.35. The molecular formula is C8H13ClN2O2. The number of halogens is 1. The number of rotatable bonds is 2. The standard InChI is InChI=1S/C8H13ClN2O2/c1-5(9)7(12)10-8(13)11(2)6-3-4-6/h5-6H,3-4H2,1-2H3,(H,10,12,13). The van der Waals surface area contributed by atoms with E-state index in [1.54, 1.807) is 7.05 Å². The van der Waals surface area contributed by atoms with Crippen LogP contribution in [0.2, 0.25) is 0 Å². The van der Waals surface area contributed by atoms with Crippen molar-refractivity contribution in [1.29, 1.82) is 0 Å². The zero-order chi connectivity index (χ0) is 10.0. The average Bonchev–Trinajstić information content (AvgIpc) is 2.85. The van der Waals surface area contributed by atoms with Gasteiger partial charge in [0.05, 0.1) is 0 Å². The van der Waals surface area contributed by atoms with Gasteiger partial charge in [-0.05, 0) is 19.8 Å². The summed E-state index contributed by atoms with van der Waals surface area (Å²) in [5.74, 6) is -0.445. The predicted molar refractivity (Wildman–Crippen MR) is 49.6 cm³/mol. The Morgan fingerprint density at radius 3 is 2.46 bits per heavy atom.